The molecule has 0 aromatic heterocycles. The van der Waals surface area contributed by atoms with Crippen molar-refractivity contribution < 1.29 is 17.4 Å². The zero-order valence-electron chi connectivity index (χ0n) is 21.6. The Labute approximate surface area is 260 Å². The first-order chi connectivity index (χ1) is 19.5. The summed E-state index contributed by atoms with van der Waals surface area (Å²) in [4.78, 5) is 20.4. The van der Waals surface area contributed by atoms with Gasteiger partial charge in [0.1, 0.15) is 10.6 Å². The van der Waals surface area contributed by atoms with Crippen LogP contribution in [0.25, 0.3) is 6.08 Å². The van der Waals surface area contributed by atoms with E-state index >= 15 is 0 Å². The second-order valence-electron chi connectivity index (χ2n) is 9.05. The summed E-state index contributed by atoms with van der Waals surface area (Å²) in [5.74, 6) is -0.290. The maximum atomic E-state index is 13.8. The van der Waals surface area contributed by atoms with Gasteiger partial charge >= 0.3 is 10.1 Å². The molecule has 4 aromatic carbocycles. The Morgan fingerprint density at radius 3 is 2.27 bits per heavy atom. The summed E-state index contributed by atoms with van der Waals surface area (Å²) in [5.41, 5.74) is 3.26. The lowest BCUT2D eigenvalue weighted by Crippen LogP contribution is -2.28. The number of carbonyl (C=O) groups is 1. The molecule has 1 heterocycles. The van der Waals surface area contributed by atoms with Crippen molar-refractivity contribution in [1.82, 2.24) is 0 Å². The van der Waals surface area contributed by atoms with E-state index in [9.17, 15) is 13.2 Å². The van der Waals surface area contributed by atoms with Gasteiger partial charge in [0.05, 0.1) is 16.3 Å². The van der Waals surface area contributed by atoms with Gasteiger partial charge in [-0.3, -0.25) is 9.69 Å². The van der Waals surface area contributed by atoms with Crippen LogP contribution in [0.4, 0.5) is 11.4 Å². The molecule has 1 amide bonds. The molecule has 0 aliphatic carbocycles. The number of amidine groups is 1. The molecule has 1 aliphatic rings. The molecule has 0 atom stereocenters. The molecule has 0 saturated carbocycles. The number of rotatable bonds is 6. The van der Waals surface area contributed by atoms with Gasteiger partial charge in [-0.2, -0.15) is 8.42 Å². The minimum atomic E-state index is -4.12. The van der Waals surface area contributed by atoms with Crippen LogP contribution in [0.2, 0.25) is 10.0 Å². The second kappa shape index (κ2) is 12.0. The summed E-state index contributed by atoms with van der Waals surface area (Å²) in [7, 11) is -4.12. The molecule has 0 radical (unpaired) electrons. The Balaban J connectivity index is 1.59. The third kappa shape index (κ3) is 6.55. The van der Waals surface area contributed by atoms with E-state index in [1.165, 1.54) is 23.1 Å². The topological polar surface area (TPSA) is 76.0 Å². The lowest BCUT2D eigenvalue weighted by Gasteiger charge is -2.16. The number of hydrogen-bond donors (Lipinski definition) is 0. The summed E-state index contributed by atoms with van der Waals surface area (Å²) in [5, 5.41) is 1.44. The van der Waals surface area contributed by atoms with Crippen molar-refractivity contribution in [3.63, 3.8) is 0 Å². The molecule has 208 valence electrons. The van der Waals surface area contributed by atoms with Crippen LogP contribution in [0.1, 0.15) is 16.7 Å². The van der Waals surface area contributed by atoms with Crippen molar-refractivity contribution in [3.8, 4) is 5.75 Å². The van der Waals surface area contributed by atoms with E-state index in [0.717, 1.165) is 22.9 Å². The third-order valence-electron chi connectivity index (χ3n) is 6.09. The van der Waals surface area contributed by atoms with Crippen molar-refractivity contribution in [2.45, 2.75) is 18.7 Å². The number of aliphatic imine (C=N–C) groups is 1. The molecule has 6 nitrogen and oxygen atoms in total. The zero-order valence-corrected chi connectivity index (χ0v) is 26.4. The maximum absolute atomic E-state index is 13.8. The lowest BCUT2D eigenvalue weighted by molar-refractivity contribution is -0.113. The molecule has 0 unspecified atom stereocenters. The fraction of sp³-hybridized carbons (Fsp3) is 0.0667. The van der Waals surface area contributed by atoms with Crippen LogP contribution in [0.5, 0.6) is 5.75 Å². The van der Waals surface area contributed by atoms with Crippen LogP contribution in [-0.2, 0) is 14.9 Å². The molecule has 4 aromatic rings. The van der Waals surface area contributed by atoms with Gasteiger partial charge in [0.2, 0.25) is 0 Å². The van der Waals surface area contributed by atoms with Gasteiger partial charge in [-0.25, -0.2) is 4.99 Å². The van der Waals surface area contributed by atoms with E-state index in [1.807, 2.05) is 32.0 Å². The van der Waals surface area contributed by atoms with E-state index in [2.05, 4.69) is 15.9 Å². The molecule has 41 heavy (non-hydrogen) atoms. The SMILES string of the molecule is Cc1ccc(N=C2S/C(=C/c3cc(Br)ccc3OS(=O)(=O)c3ccccc3)C(=O)N2c2ccc(C)c(Cl)c2)cc1Cl. The number of thioether (sulfide) groups is 1. The fourth-order valence-corrected chi connectivity index (χ4v) is 6.56. The predicted octanol–water partition coefficient (Wildman–Crippen LogP) is 8.95. The number of carbonyl (C=O) groups excluding carboxylic acids is 1. The number of nitrogens with zero attached hydrogens (tertiary/aromatic N) is 2. The normalized spacial score (nSPS) is 15.6. The molecule has 1 saturated heterocycles. The highest BCUT2D eigenvalue weighted by atomic mass is 79.9. The van der Waals surface area contributed by atoms with E-state index in [4.69, 9.17) is 32.4 Å². The van der Waals surface area contributed by atoms with Gasteiger partial charge in [0.15, 0.2) is 5.17 Å². The Kier molecular flexibility index (Phi) is 8.63. The Bertz CT molecular complexity index is 1840. The van der Waals surface area contributed by atoms with Crippen molar-refractivity contribution in [2.24, 2.45) is 4.99 Å². The van der Waals surface area contributed by atoms with Crippen molar-refractivity contribution >= 4 is 89.5 Å². The number of halogens is 3. The summed E-state index contributed by atoms with van der Waals surface area (Å²) < 4.78 is 32.1. The minimum absolute atomic E-state index is 0.0152. The first kappa shape index (κ1) is 29.4. The Morgan fingerprint density at radius 1 is 0.902 bits per heavy atom. The standard InChI is InChI=1S/C30H21BrCl2N2O4S2/c1-18-8-11-22(16-25(18)32)34-30-35(23-12-9-19(2)26(33)17-23)29(36)28(40-30)15-20-14-21(31)10-13-27(20)39-41(37,38)24-6-4-3-5-7-24/h3-17H,1-2H3/b28-15+,34-30?. The first-order valence-electron chi connectivity index (χ1n) is 12.2. The van der Waals surface area contributed by atoms with Crippen LogP contribution >= 0.6 is 50.9 Å². The van der Waals surface area contributed by atoms with Gasteiger partial charge in [0.25, 0.3) is 5.91 Å². The average molecular weight is 688 g/mol. The summed E-state index contributed by atoms with van der Waals surface area (Å²) in [6.45, 7) is 3.77. The highest BCUT2D eigenvalue weighted by Gasteiger charge is 2.35. The second-order valence-corrected chi connectivity index (χ2v) is 13.3. The van der Waals surface area contributed by atoms with Crippen LogP contribution < -0.4 is 9.08 Å². The molecular formula is C30H21BrCl2N2O4S2. The van der Waals surface area contributed by atoms with Gasteiger partial charge in [0, 0.05) is 20.1 Å². The van der Waals surface area contributed by atoms with Crippen molar-refractivity contribution in [2.75, 3.05) is 4.90 Å². The monoisotopic (exact) mass is 686 g/mol. The number of hydrogen-bond acceptors (Lipinski definition) is 6. The third-order valence-corrected chi connectivity index (χ3v) is 9.61. The largest absolute Gasteiger partial charge is 0.378 e. The minimum Gasteiger partial charge on any atom is -0.378 e. The molecule has 5 rings (SSSR count). The zero-order chi connectivity index (χ0) is 29.3. The summed E-state index contributed by atoms with van der Waals surface area (Å²) in [6.07, 6.45) is 1.58. The number of benzene rings is 4. The molecule has 0 N–H and O–H groups in total. The van der Waals surface area contributed by atoms with Crippen molar-refractivity contribution in [1.29, 1.82) is 0 Å². The Hall–Kier alpha value is -3.08. The van der Waals surface area contributed by atoms with Crippen LogP contribution in [0.15, 0.2) is 104 Å². The lowest BCUT2D eigenvalue weighted by atomic mass is 10.1. The van der Waals surface area contributed by atoms with Crippen LogP contribution in [0.3, 0.4) is 0 Å². The van der Waals surface area contributed by atoms with Gasteiger partial charge < -0.3 is 4.18 Å². The van der Waals surface area contributed by atoms with Gasteiger partial charge in [-0.05, 0) is 97.4 Å². The maximum Gasteiger partial charge on any atom is 0.339 e. The highest BCUT2D eigenvalue weighted by molar-refractivity contribution is 9.10. The fourth-order valence-electron chi connectivity index (χ4n) is 3.86. The number of amides is 1. The van der Waals surface area contributed by atoms with Crippen molar-refractivity contribution in [3.05, 3.63) is 121 Å². The molecule has 0 bridgehead atoms. The van der Waals surface area contributed by atoms with Gasteiger partial charge in [-0.15, -0.1) is 0 Å². The number of anilines is 1. The smallest absolute Gasteiger partial charge is 0.339 e. The molecule has 1 fully saturated rings. The quantitative estimate of drug-likeness (QED) is 0.149. The highest BCUT2D eigenvalue weighted by Crippen LogP contribution is 2.40. The van der Waals surface area contributed by atoms with Crippen LogP contribution in [0, 0.1) is 13.8 Å². The molecule has 0 spiro atoms. The van der Waals surface area contributed by atoms with E-state index in [-0.39, 0.29) is 16.6 Å². The molecular weight excluding hydrogens is 667 g/mol. The van der Waals surface area contributed by atoms with E-state index in [0.29, 0.717) is 41.5 Å². The average Bonchev–Trinajstić information content (AvgIpc) is 3.24. The Morgan fingerprint density at radius 2 is 1.59 bits per heavy atom. The summed E-state index contributed by atoms with van der Waals surface area (Å²) >= 11 is 17.3. The van der Waals surface area contributed by atoms with E-state index in [1.54, 1.807) is 54.6 Å². The van der Waals surface area contributed by atoms with E-state index < -0.39 is 10.1 Å². The number of aryl methyl sites for hydroxylation is 2. The molecule has 11 heteroatoms. The van der Waals surface area contributed by atoms with Gasteiger partial charge in [-0.1, -0.05) is 69.5 Å². The predicted molar refractivity (Wildman–Crippen MR) is 171 cm³/mol. The van der Waals surface area contributed by atoms with Crippen LogP contribution in [-0.4, -0.2) is 19.5 Å². The molecule has 1 aliphatic heterocycles. The summed E-state index contributed by atoms with van der Waals surface area (Å²) in [6, 6.07) is 23.4. The first-order valence-corrected chi connectivity index (χ1v) is 15.9.